The van der Waals surface area contributed by atoms with E-state index in [1.165, 1.54) is 19.3 Å². The quantitative estimate of drug-likeness (QED) is 0.292. The smallest absolute Gasteiger partial charge is 0.251 e. The van der Waals surface area contributed by atoms with Gasteiger partial charge in [0.05, 0.1) is 23.6 Å². The summed E-state index contributed by atoms with van der Waals surface area (Å²) < 4.78 is 22.3. The van der Waals surface area contributed by atoms with Gasteiger partial charge in [0, 0.05) is 24.1 Å². The van der Waals surface area contributed by atoms with Crippen LogP contribution < -0.4 is 14.9 Å². The topological polar surface area (TPSA) is 122 Å². The van der Waals surface area contributed by atoms with Gasteiger partial charge in [-0.05, 0) is 74.1 Å². The van der Waals surface area contributed by atoms with Crippen LogP contribution in [0.4, 0.5) is 5.69 Å². The van der Waals surface area contributed by atoms with Gasteiger partial charge in [0.2, 0.25) is 5.91 Å². The second-order valence-corrected chi connectivity index (χ2v) is 13.7. The third-order valence-corrected chi connectivity index (χ3v) is 10.7. The van der Waals surface area contributed by atoms with Crippen molar-refractivity contribution in [2.75, 3.05) is 16.6 Å². The molecule has 3 aliphatic rings. The molecule has 2 aliphatic carbocycles. The van der Waals surface area contributed by atoms with E-state index in [0.29, 0.717) is 42.3 Å². The summed E-state index contributed by atoms with van der Waals surface area (Å²) >= 11 is 0. The number of nitrogens with one attached hydrogen (secondary N) is 2. The molecule has 1 heterocycles. The highest BCUT2D eigenvalue weighted by Crippen LogP contribution is 2.51. The molecule has 9 heteroatoms. The van der Waals surface area contributed by atoms with Gasteiger partial charge in [-0.25, -0.2) is 0 Å². The number of aliphatic hydroxyl groups is 1. The molecule has 0 aromatic heterocycles. The van der Waals surface area contributed by atoms with Gasteiger partial charge in [0.1, 0.15) is 0 Å². The molecule has 6 atom stereocenters. The van der Waals surface area contributed by atoms with Crippen molar-refractivity contribution >= 4 is 28.3 Å². The predicted octanol–water partition coefficient (Wildman–Crippen LogP) is 4.60. The van der Waals surface area contributed by atoms with E-state index in [2.05, 4.69) is 10.6 Å². The average molecular weight is 556 g/mol. The maximum Gasteiger partial charge on any atom is 0.251 e. The molecule has 39 heavy (non-hydrogen) atoms. The van der Waals surface area contributed by atoms with Gasteiger partial charge in [-0.15, -0.1) is 10.8 Å². The van der Waals surface area contributed by atoms with Crippen molar-refractivity contribution in [1.29, 1.82) is 0 Å². The molecule has 2 bridgehead atoms. The van der Waals surface area contributed by atoms with E-state index in [1.807, 2.05) is 37.3 Å². The first-order valence-electron chi connectivity index (χ1n) is 14.2. The second-order valence-electron chi connectivity index (χ2n) is 11.6. The van der Waals surface area contributed by atoms with Gasteiger partial charge < -0.3 is 15.7 Å². The Labute approximate surface area is 232 Å². The lowest BCUT2D eigenvalue weighted by molar-refractivity contribution is -0.126. The van der Waals surface area contributed by atoms with Crippen LogP contribution in [0.15, 0.2) is 54.6 Å². The number of aliphatic hydroxyl groups excluding tert-OH is 1. The van der Waals surface area contributed by atoms with Crippen molar-refractivity contribution in [2.45, 2.75) is 70.1 Å². The number of carbonyl (C=O) groups is 2. The van der Waals surface area contributed by atoms with E-state index in [-0.39, 0.29) is 24.3 Å². The minimum absolute atomic E-state index is 0.0336. The molecular formula is C30H41N3O5S. The Hall–Kier alpha value is -2.59. The van der Waals surface area contributed by atoms with Crippen LogP contribution in [0.5, 0.6) is 0 Å². The zero-order valence-electron chi connectivity index (χ0n) is 22.5. The normalized spacial score (nSPS) is 26.6. The maximum atomic E-state index is 13.4. The fraction of sp³-hybridized carbons (Fsp3) is 0.533. The van der Waals surface area contributed by atoms with Gasteiger partial charge >= 0.3 is 0 Å². The largest absolute Gasteiger partial charge is 0.391 e. The molecule has 5 rings (SSSR count). The van der Waals surface area contributed by atoms with E-state index in [4.69, 9.17) is 0 Å². The number of carbonyl (C=O) groups excluding carboxylic acids is 2. The molecule has 2 saturated carbocycles. The summed E-state index contributed by atoms with van der Waals surface area (Å²) in [6.45, 7) is 2.36. The Kier molecular flexibility index (Phi) is 8.52. The molecule has 3 unspecified atom stereocenters. The van der Waals surface area contributed by atoms with Crippen molar-refractivity contribution in [1.82, 2.24) is 10.6 Å². The van der Waals surface area contributed by atoms with E-state index in [0.717, 1.165) is 17.9 Å². The minimum Gasteiger partial charge on any atom is -0.391 e. The van der Waals surface area contributed by atoms with Crippen LogP contribution in [-0.4, -0.2) is 56.5 Å². The zero-order valence-corrected chi connectivity index (χ0v) is 23.4. The van der Waals surface area contributed by atoms with Crippen molar-refractivity contribution in [3.63, 3.8) is 0 Å². The van der Waals surface area contributed by atoms with E-state index in [1.54, 1.807) is 28.6 Å². The Morgan fingerprint density at radius 3 is 2.54 bits per heavy atom. The number of hydrogen-bond donors (Lipinski definition) is 5. The molecule has 8 nitrogen and oxygen atoms in total. The van der Waals surface area contributed by atoms with Crippen LogP contribution in [0.2, 0.25) is 0 Å². The van der Waals surface area contributed by atoms with Crippen molar-refractivity contribution in [3.8, 4) is 0 Å². The molecule has 0 spiro atoms. The monoisotopic (exact) mass is 555 g/mol. The predicted molar refractivity (Wildman–Crippen MR) is 155 cm³/mol. The lowest BCUT2D eigenvalue weighted by Crippen LogP contribution is -2.47. The molecule has 2 aromatic carbocycles. The second kappa shape index (κ2) is 11.9. The van der Waals surface area contributed by atoms with Crippen LogP contribution in [0.3, 0.4) is 0 Å². The highest BCUT2D eigenvalue weighted by molar-refractivity contribution is 8.25. The van der Waals surface area contributed by atoms with Crippen LogP contribution in [0, 0.1) is 17.8 Å². The maximum absolute atomic E-state index is 13.4. The van der Waals surface area contributed by atoms with Crippen LogP contribution in [-0.2, 0) is 11.2 Å². The minimum atomic E-state index is -2.87. The molecule has 212 valence electrons. The Morgan fingerprint density at radius 2 is 1.87 bits per heavy atom. The Bertz CT molecular complexity index is 1160. The zero-order chi connectivity index (χ0) is 27.6. The third kappa shape index (κ3) is 6.60. The number of amides is 2. The first-order chi connectivity index (χ1) is 18.7. The third-order valence-electron chi connectivity index (χ3n) is 8.72. The number of nitrogens with zero attached hydrogens (tertiary/aromatic N) is 1. The lowest BCUT2D eigenvalue weighted by atomic mass is 9.92. The standard InChI is InChI=1S/C30H41N3O5S/c1-20(29(35)31-26-18-22-11-12-23(26)16-22)15-28(34)27(17-21-7-3-2-4-8-21)32-30(36)24-9-5-10-25(19-24)33-13-6-14-39(33,37)38/h2-5,7-10,19-20,22-23,26-28,34,37-38H,6,11-18H2,1H3,(H,31,35)(H,32,36)/t20-,22?,23?,26?,27+,28-/m1/s1. The van der Waals surface area contributed by atoms with Crippen molar-refractivity contribution in [2.24, 2.45) is 17.8 Å². The molecule has 0 radical (unpaired) electrons. The summed E-state index contributed by atoms with van der Waals surface area (Å²) in [7, 11) is -2.87. The SMILES string of the molecule is C[C@H](C[C@@H](O)[C@H](Cc1ccccc1)NC(=O)c1cccc(N2CCCS2(O)O)c1)C(=O)NC1CC2CCC1C2. The molecule has 2 aromatic rings. The lowest BCUT2D eigenvalue weighted by Gasteiger charge is -2.38. The molecule has 1 saturated heterocycles. The number of anilines is 1. The summed E-state index contributed by atoms with van der Waals surface area (Å²) in [5, 5.41) is 17.5. The summed E-state index contributed by atoms with van der Waals surface area (Å²) in [5.74, 6) is 0.866. The summed E-state index contributed by atoms with van der Waals surface area (Å²) in [6, 6.07) is 16.1. The highest BCUT2D eigenvalue weighted by atomic mass is 32.3. The summed E-state index contributed by atoms with van der Waals surface area (Å²) in [5.41, 5.74) is 1.94. The summed E-state index contributed by atoms with van der Waals surface area (Å²) in [4.78, 5) is 26.4. The van der Waals surface area contributed by atoms with E-state index < -0.39 is 28.8 Å². The molecule has 3 fully saturated rings. The first-order valence-corrected chi connectivity index (χ1v) is 15.8. The first kappa shape index (κ1) is 28.0. The molecule has 1 aliphatic heterocycles. The summed E-state index contributed by atoms with van der Waals surface area (Å²) in [6.07, 6.45) is 5.14. The number of rotatable bonds is 10. The number of fused-ring (bicyclic) bond motifs is 2. The molecular weight excluding hydrogens is 514 g/mol. The van der Waals surface area contributed by atoms with E-state index in [9.17, 15) is 23.8 Å². The average Bonchev–Trinajstić information content (AvgIpc) is 3.64. The van der Waals surface area contributed by atoms with Crippen LogP contribution in [0.25, 0.3) is 0 Å². The van der Waals surface area contributed by atoms with Gasteiger partial charge in [0.25, 0.3) is 5.91 Å². The molecule has 5 N–H and O–H groups in total. The number of benzene rings is 2. The van der Waals surface area contributed by atoms with Crippen LogP contribution >= 0.6 is 10.8 Å². The van der Waals surface area contributed by atoms with Crippen molar-refractivity contribution < 1.29 is 23.8 Å². The van der Waals surface area contributed by atoms with E-state index >= 15 is 0 Å². The fourth-order valence-corrected chi connectivity index (χ4v) is 8.15. The van der Waals surface area contributed by atoms with Gasteiger partial charge in [-0.1, -0.05) is 49.7 Å². The fourth-order valence-electron chi connectivity index (χ4n) is 6.54. The van der Waals surface area contributed by atoms with Gasteiger partial charge in [-0.2, -0.15) is 0 Å². The van der Waals surface area contributed by atoms with Gasteiger partial charge in [-0.3, -0.25) is 23.0 Å². The van der Waals surface area contributed by atoms with Crippen molar-refractivity contribution in [3.05, 3.63) is 65.7 Å². The molecule has 2 amide bonds. The number of hydrogen-bond acceptors (Lipinski definition) is 6. The van der Waals surface area contributed by atoms with Gasteiger partial charge in [0.15, 0.2) is 0 Å². The Balaban J connectivity index is 1.26. The van der Waals surface area contributed by atoms with Crippen LogP contribution in [0.1, 0.15) is 61.4 Å². The highest BCUT2D eigenvalue weighted by Gasteiger charge is 2.40. The Morgan fingerprint density at radius 1 is 1.08 bits per heavy atom.